The predicted molar refractivity (Wildman–Crippen MR) is 124 cm³/mol. The Kier molecular flexibility index (Phi) is 7.79. The van der Waals surface area contributed by atoms with Crippen LogP contribution in [0.25, 0.3) is 0 Å². The molecule has 3 heterocycles. The first kappa shape index (κ1) is 24.2. The van der Waals surface area contributed by atoms with E-state index in [2.05, 4.69) is 32.8 Å². The van der Waals surface area contributed by atoms with Gasteiger partial charge < -0.3 is 10.0 Å². The lowest BCUT2D eigenvalue weighted by atomic mass is 10.0. The van der Waals surface area contributed by atoms with Crippen molar-refractivity contribution in [2.75, 3.05) is 6.54 Å². The van der Waals surface area contributed by atoms with Crippen LogP contribution in [0, 0.1) is 0 Å². The van der Waals surface area contributed by atoms with E-state index >= 15 is 0 Å². The maximum Gasteiger partial charge on any atom is 0.302 e. The summed E-state index contributed by atoms with van der Waals surface area (Å²) in [5, 5.41) is 24.0. The lowest BCUT2D eigenvalue weighted by Gasteiger charge is -2.24. The third kappa shape index (κ3) is 5.92. The van der Waals surface area contributed by atoms with Crippen molar-refractivity contribution in [2.24, 2.45) is 0 Å². The Morgan fingerprint density at radius 2 is 1.94 bits per heavy atom. The van der Waals surface area contributed by atoms with E-state index in [1.54, 1.807) is 28.4 Å². The third-order valence-corrected chi connectivity index (χ3v) is 7.15. The molecule has 180 valence electrons. The monoisotopic (exact) mass is 487 g/mol. The van der Waals surface area contributed by atoms with Crippen LogP contribution in [-0.2, 0) is 30.0 Å². The number of tetrazole rings is 1. The summed E-state index contributed by atoms with van der Waals surface area (Å²) in [5.74, 6) is -2.69. The summed E-state index contributed by atoms with van der Waals surface area (Å²) in [5.41, 5.74) is -0.237. The van der Waals surface area contributed by atoms with E-state index in [1.807, 2.05) is 0 Å². The highest BCUT2D eigenvalue weighted by molar-refractivity contribution is 7.11. The number of hydrogen-bond donors (Lipinski definition) is 2. The van der Waals surface area contributed by atoms with Crippen molar-refractivity contribution in [1.29, 1.82) is 0 Å². The highest BCUT2D eigenvalue weighted by Crippen LogP contribution is 2.33. The SMILES string of the molecule is O=C1CC[C@H](C=CC(O)C(F)(F)c2ccccc2)N1CCCc1ccc(CCc2nn[nH]n2)s1. The zero-order chi connectivity index (χ0) is 24.0. The topological polar surface area (TPSA) is 95.0 Å². The number of nitrogens with one attached hydrogen (secondary N) is 1. The van der Waals surface area contributed by atoms with Gasteiger partial charge in [0.25, 0.3) is 0 Å². The molecule has 2 aromatic heterocycles. The van der Waals surface area contributed by atoms with Crippen LogP contribution >= 0.6 is 11.3 Å². The van der Waals surface area contributed by atoms with Gasteiger partial charge in [0, 0.05) is 34.7 Å². The fourth-order valence-electron chi connectivity index (χ4n) is 4.07. The molecule has 3 aromatic rings. The van der Waals surface area contributed by atoms with Gasteiger partial charge in [0.1, 0.15) is 6.10 Å². The number of hydrogen-bond acceptors (Lipinski definition) is 6. The van der Waals surface area contributed by atoms with E-state index in [1.165, 1.54) is 34.0 Å². The number of carbonyl (C=O) groups excluding carboxylic acids is 1. The number of halogens is 2. The molecular weight excluding hydrogens is 460 g/mol. The summed E-state index contributed by atoms with van der Waals surface area (Å²) < 4.78 is 29.1. The molecule has 1 saturated heterocycles. The van der Waals surface area contributed by atoms with E-state index < -0.39 is 12.0 Å². The molecule has 4 rings (SSSR count). The molecule has 0 spiro atoms. The minimum Gasteiger partial charge on any atom is -0.382 e. The molecule has 1 amide bonds. The second kappa shape index (κ2) is 11.0. The van der Waals surface area contributed by atoms with Crippen LogP contribution in [-0.4, -0.2) is 55.2 Å². The zero-order valence-corrected chi connectivity index (χ0v) is 19.4. The minimum atomic E-state index is -3.40. The van der Waals surface area contributed by atoms with Gasteiger partial charge in [-0.25, -0.2) is 0 Å². The first-order valence-electron chi connectivity index (χ1n) is 11.3. The maximum absolute atomic E-state index is 14.5. The molecule has 1 fully saturated rings. The molecule has 0 aliphatic carbocycles. The molecular formula is C24H27F2N5O2S. The van der Waals surface area contributed by atoms with Crippen LogP contribution in [0.5, 0.6) is 0 Å². The quantitative estimate of drug-likeness (QED) is 0.403. The number of nitrogens with zero attached hydrogens (tertiary/aromatic N) is 4. The summed E-state index contributed by atoms with van der Waals surface area (Å²) >= 11 is 1.73. The average Bonchev–Trinajstić information content (AvgIpc) is 3.59. The summed E-state index contributed by atoms with van der Waals surface area (Å²) in [6, 6.07) is 11.2. The molecule has 10 heteroatoms. The van der Waals surface area contributed by atoms with Crippen molar-refractivity contribution in [3.63, 3.8) is 0 Å². The van der Waals surface area contributed by atoms with E-state index in [0.717, 1.165) is 31.8 Å². The largest absolute Gasteiger partial charge is 0.382 e. The van der Waals surface area contributed by atoms with E-state index in [-0.39, 0.29) is 17.5 Å². The van der Waals surface area contributed by atoms with Crippen LogP contribution in [0.4, 0.5) is 8.78 Å². The Labute approximate surface area is 200 Å². The Bertz CT molecular complexity index is 1090. The van der Waals surface area contributed by atoms with Crippen molar-refractivity contribution < 1.29 is 18.7 Å². The fraction of sp³-hybridized carbons (Fsp3) is 0.417. The second-order valence-electron chi connectivity index (χ2n) is 8.31. The summed E-state index contributed by atoms with van der Waals surface area (Å²) in [6.45, 7) is 0.551. The number of aliphatic hydroxyl groups is 1. The Hall–Kier alpha value is -2.98. The number of alkyl halides is 2. The average molecular weight is 488 g/mol. The molecule has 34 heavy (non-hydrogen) atoms. The molecule has 1 aliphatic heterocycles. The molecule has 7 nitrogen and oxygen atoms in total. The summed E-state index contributed by atoms with van der Waals surface area (Å²) in [7, 11) is 0. The lowest BCUT2D eigenvalue weighted by Crippen LogP contribution is -2.34. The first-order valence-corrected chi connectivity index (χ1v) is 12.1. The number of aryl methyl sites for hydroxylation is 3. The van der Waals surface area contributed by atoms with Gasteiger partial charge in [-0.1, -0.05) is 47.7 Å². The van der Waals surface area contributed by atoms with Gasteiger partial charge in [0.15, 0.2) is 5.82 Å². The lowest BCUT2D eigenvalue weighted by molar-refractivity contribution is -0.128. The van der Waals surface area contributed by atoms with Gasteiger partial charge in [-0.15, -0.1) is 21.5 Å². The maximum atomic E-state index is 14.5. The van der Waals surface area contributed by atoms with Crippen LogP contribution in [0.1, 0.15) is 40.4 Å². The van der Waals surface area contributed by atoms with Gasteiger partial charge in [0.2, 0.25) is 5.91 Å². The molecule has 0 radical (unpaired) electrons. The van der Waals surface area contributed by atoms with Crippen molar-refractivity contribution in [1.82, 2.24) is 25.5 Å². The highest BCUT2D eigenvalue weighted by atomic mass is 32.1. The van der Waals surface area contributed by atoms with Crippen LogP contribution in [0.15, 0.2) is 54.6 Å². The van der Waals surface area contributed by atoms with E-state index in [4.69, 9.17) is 0 Å². The number of rotatable bonds is 11. The Morgan fingerprint density at radius 1 is 1.18 bits per heavy atom. The van der Waals surface area contributed by atoms with Gasteiger partial charge >= 0.3 is 5.92 Å². The Balaban J connectivity index is 1.27. The predicted octanol–water partition coefficient (Wildman–Crippen LogP) is 3.68. The summed E-state index contributed by atoms with van der Waals surface area (Å²) in [4.78, 5) is 16.6. The zero-order valence-electron chi connectivity index (χ0n) is 18.6. The fourth-order valence-corrected chi connectivity index (χ4v) is 5.13. The van der Waals surface area contributed by atoms with Crippen molar-refractivity contribution >= 4 is 17.2 Å². The molecule has 0 saturated carbocycles. The minimum absolute atomic E-state index is 0.0194. The molecule has 2 atom stereocenters. The number of likely N-dealkylation sites (tertiary alicyclic amines) is 1. The number of aromatic nitrogens is 4. The molecule has 1 aliphatic rings. The second-order valence-corrected chi connectivity index (χ2v) is 9.56. The van der Waals surface area contributed by atoms with Crippen LogP contribution < -0.4 is 0 Å². The van der Waals surface area contributed by atoms with Gasteiger partial charge in [-0.05, 0) is 37.8 Å². The van der Waals surface area contributed by atoms with Crippen LogP contribution in [0.3, 0.4) is 0 Å². The van der Waals surface area contributed by atoms with Gasteiger partial charge in [-0.2, -0.15) is 14.0 Å². The Morgan fingerprint density at radius 3 is 2.68 bits per heavy atom. The van der Waals surface area contributed by atoms with Gasteiger partial charge in [0.05, 0.1) is 6.04 Å². The van der Waals surface area contributed by atoms with Crippen molar-refractivity contribution in [3.05, 3.63) is 75.8 Å². The first-order chi connectivity index (χ1) is 16.4. The molecule has 1 aromatic carbocycles. The highest BCUT2D eigenvalue weighted by Gasteiger charge is 2.39. The van der Waals surface area contributed by atoms with E-state index in [0.29, 0.717) is 25.2 Å². The molecule has 1 unspecified atom stereocenters. The number of aromatic amines is 1. The smallest absolute Gasteiger partial charge is 0.302 e. The van der Waals surface area contributed by atoms with Crippen molar-refractivity contribution in [3.8, 4) is 0 Å². The third-order valence-electron chi connectivity index (χ3n) is 5.94. The number of benzene rings is 1. The van der Waals surface area contributed by atoms with Crippen LogP contribution in [0.2, 0.25) is 0 Å². The van der Waals surface area contributed by atoms with Gasteiger partial charge in [-0.3, -0.25) is 4.79 Å². The standard InChI is InChI=1S/C24H27F2N5O2S/c25-24(26,17-5-2-1-3-6-17)21(32)13-8-18-9-15-23(33)31(18)16-4-7-19-10-11-20(34-19)12-14-22-27-29-30-28-22/h1-3,5-6,8,10-11,13,18,21,32H,4,7,9,12,14-16H2,(H,27,28,29,30)/t18-,21?/m0/s1. The number of carbonyl (C=O) groups is 1. The normalized spacial score (nSPS) is 17.7. The summed E-state index contributed by atoms with van der Waals surface area (Å²) in [6.07, 6.45) is 4.86. The number of aliphatic hydroxyl groups excluding tert-OH is 1. The molecule has 2 N–H and O–H groups in total. The number of H-pyrrole nitrogens is 1. The number of amides is 1. The van der Waals surface area contributed by atoms with E-state index in [9.17, 15) is 18.7 Å². The number of thiophene rings is 1. The molecule has 0 bridgehead atoms. The van der Waals surface area contributed by atoms with Crippen molar-refractivity contribution in [2.45, 2.75) is 56.6 Å².